The number of fused-ring (bicyclic) bond motifs is 4. The van der Waals surface area contributed by atoms with Gasteiger partial charge in [-0.2, -0.15) is 5.10 Å². The van der Waals surface area contributed by atoms with E-state index < -0.39 is 0 Å². The molecule has 0 aliphatic rings. The highest BCUT2D eigenvalue weighted by Crippen LogP contribution is 2.32. The lowest BCUT2D eigenvalue weighted by Crippen LogP contribution is -1.99. The summed E-state index contributed by atoms with van der Waals surface area (Å²) in [4.78, 5) is 4.47. The van der Waals surface area contributed by atoms with Gasteiger partial charge in [0.25, 0.3) is 0 Å². The van der Waals surface area contributed by atoms with Gasteiger partial charge in [0.15, 0.2) is 5.58 Å². The van der Waals surface area contributed by atoms with Crippen molar-refractivity contribution in [2.75, 3.05) is 0 Å². The van der Waals surface area contributed by atoms with Gasteiger partial charge in [0.1, 0.15) is 11.3 Å². The summed E-state index contributed by atoms with van der Waals surface area (Å²) >= 11 is 0. The highest BCUT2D eigenvalue weighted by molar-refractivity contribution is 6.08. The van der Waals surface area contributed by atoms with Gasteiger partial charge in [-0.1, -0.05) is 0 Å². The van der Waals surface area contributed by atoms with Crippen molar-refractivity contribution in [2.45, 2.75) is 13.5 Å². The van der Waals surface area contributed by atoms with Crippen LogP contribution in [0.4, 0.5) is 4.39 Å². The molecule has 0 atom stereocenters. The van der Waals surface area contributed by atoms with Crippen LogP contribution in [0.1, 0.15) is 6.92 Å². The predicted molar refractivity (Wildman–Crippen MR) is 115 cm³/mol. The van der Waals surface area contributed by atoms with Crippen molar-refractivity contribution >= 4 is 32.9 Å². The van der Waals surface area contributed by atoms with Crippen LogP contribution in [0.15, 0.2) is 77.7 Å². The second kappa shape index (κ2) is 6.29. The van der Waals surface area contributed by atoms with Crippen molar-refractivity contribution in [2.24, 2.45) is 0 Å². The quantitative estimate of drug-likeness (QED) is 0.371. The number of furan rings is 1. The average molecular weight is 396 g/mol. The van der Waals surface area contributed by atoms with E-state index in [-0.39, 0.29) is 5.82 Å². The normalized spacial score (nSPS) is 11.8. The molecule has 6 heteroatoms. The monoisotopic (exact) mass is 396 g/mol. The minimum absolute atomic E-state index is 0.236. The van der Waals surface area contributed by atoms with Crippen LogP contribution in [0, 0.1) is 5.82 Å². The van der Waals surface area contributed by atoms with E-state index in [0.717, 1.165) is 56.4 Å². The first-order valence-electron chi connectivity index (χ1n) is 9.82. The van der Waals surface area contributed by atoms with Crippen LogP contribution in [0.3, 0.4) is 0 Å². The Kier molecular flexibility index (Phi) is 3.56. The smallest absolute Gasteiger partial charge is 0.152 e. The highest BCUT2D eigenvalue weighted by Gasteiger charge is 2.14. The third-order valence-corrected chi connectivity index (χ3v) is 5.61. The topological polar surface area (TPSA) is 48.8 Å². The average Bonchev–Trinajstić information content (AvgIpc) is 3.49. The molecule has 146 valence electrons. The molecule has 0 N–H and O–H groups in total. The summed E-state index contributed by atoms with van der Waals surface area (Å²) in [5, 5.41) is 6.45. The molecule has 6 rings (SSSR count). The van der Waals surface area contributed by atoms with E-state index in [0.29, 0.717) is 0 Å². The van der Waals surface area contributed by atoms with Gasteiger partial charge in [0.2, 0.25) is 0 Å². The van der Waals surface area contributed by atoms with Crippen LogP contribution in [0.5, 0.6) is 0 Å². The molecule has 0 bridgehead atoms. The molecule has 4 heterocycles. The number of halogens is 1. The molecule has 2 aromatic carbocycles. The molecule has 4 aromatic heterocycles. The maximum atomic E-state index is 14.0. The van der Waals surface area contributed by atoms with Crippen molar-refractivity contribution in [3.05, 3.63) is 79.1 Å². The molecule has 0 aliphatic carbocycles. The van der Waals surface area contributed by atoms with Gasteiger partial charge in [-0.05, 0) is 55.5 Å². The lowest BCUT2D eigenvalue weighted by molar-refractivity contribution is 0.615. The number of pyridine rings is 1. The first-order chi connectivity index (χ1) is 14.7. The number of benzene rings is 2. The molecule has 0 fully saturated rings. The van der Waals surface area contributed by atoms with Gasteiger partial charge in [-0.25, -0.2) is 9.07 Å². The van der Waals surface area contributed by atoms with Gasteiger partial charge in [-0.15, -0.1) is 0 Å². The highest BCUT2D eigenvalue weighted by atomic mass is 19.1. The first-order valence-corrected chi connectivity index (χ1v) is 9.82. The lowest BCUT2D eigenvalue weighted by Gasteiger charge is -2.09. The number of nitrogens with zero attached hydrogens (tertiary/aromatic N) is 4. The van der Waals surface area contributed by atoms with Crippen LogP contribution in [0.25, 0.3) is 49.9 Å². The fourth-order valence-corrected chi connectivity index (χ4v) is 4.25. The maximum absolute atomic E-state index is 14.0. The molecule has 0 unspecified atom stereocenters. The lowest BCUT2D eigenvalue weighted by atomic mass is 10.1. The first kappa shape index (κ1) is 17.0. The zero-order valence-corrected chi connectivity index (χ0v) is 16.2. The maximum Gasteiger partial charge on any atom is 0.152 e. The molecular weight excluding hydrogens is 379 g/mol. The number of aromatic nitrogens is 4. The number of rotatable bonds is 3. The minimum Gasteiger partial charge on any atom is -0.463 e. The molecule has 0 aliphatic heterocycles. The third-order valence-electron chi connectivity index (χ3n) is 5.61. The van der Waals surface area contributed by atoms with E-state index in [1.54, 1.807) is 18.5 Å². The Hall–Kier alpha value is -3.93. The zero-order chi connectivity index (χ0) is 20.2. The van der Waals surface area contributed by atoms with Crippen LogP contribution in [-0.2, 0) is 6.54 Å². The number of hydrogen-bond acceptors (Lipinski definition) is 3. The van der Waals surface area contributed by atoms with E-state index in [2.05, 4.69) is 33.7 Å². The van der Waals surface area contributed by atoms with E-state index in [1.165, 1.54) is 6.07 Å². The largest absolute Gasteiger partial charge is 0.463 e. The second-order valence-electron chi connectivity index (χ2n) is 7.26. The second-order valence-corrected chi connectivity index (χ2v) is 7.26. The molecule has 5 nitrogen and oxygen atoms in total. The van der Waals surface area contributed by atoms with Crippen molar-refractivity contribution < 1.29 is 8.81 Å². The fraction of sp³-hybridized carbons (Fsp3) is 0.0833. The van der Waals surface area contributed by atoms with E-state index in [4.69, 9.17) is 4.42 Å². The Morgan fingerprint density at radius 3 is 2.67 bits per heavy atom. The van der Waals surface area contributed by atoms with Gasteiger partial charge in [0.05, 0.1) is 23.8 Å². The SMILES string of the molecule is CCn1c2ccc(F)cc2c2cc(-n3nccc3-c3cnc4ccoc4c3)ccc21. The Balaban J connectivity index is 1.57. The van der Waals surface area contributed by atoms with E-state index >= 15 is 0 Å². The summed E-state index contributed by atoms with van der Waals surface area (Å²) in [6.45, 7) is 2.91. The summed E-state index contributed by atoms with van der Waals surface area (Å²) in [7, 11) is 0. The van der Waals surface area contributed by atoms with Crippen LogP contribution >= 0.6 is 0 Å². The zero-order valence-electron chi connectivity index (χ0n) is 16.2. The molecule has 0 radical (unpaired) electrons. The van der Waals surface area contributed by atoms with Crippen molar-refractivity contribution in [1.82, 2.24) is 19.3 Å². The minimum atomic E-state index is -0.236. The van der Waals surface area contributed by atoms with Crippen molar-refractivity contribution in [1.29, 1.82) is 0 Å². The Labute approximate surface area is 171 Å². The molecular formula is C24H17FN4O. The Morgan fingerprint density at radius 1 is 0.967 bits per heavy atom. The van der Waals surface area contributed by atoms with E-state index in [1.807, 2.05) is 41.2 Å². The summed E-state index contributed by atoms with van der Waals surface area (Å²) in [6.07, 6.45) is 5.22. The van der Waals surface area contributed by atoms with Crippen molar-refractivity contribution in [3.8, 4) is 16.9 Å². The molecule has 30 heavy (non-hydrogen) atoms. The standard InChI is InChI=1S/C24H17FN4O/c1-2-28-22-5-3-16(25)12-18(22)19-13-17(4-6-23(19)28)29-21(7-9-27-29)15-11-24-20(26-14-15)8-10-30-24/h3-14H,2H2,1H3. The predicted octanol–water partition coefficient (Wildman–Crippen LogP) is 5.95. The summed E-state index contributed by atoms with van der Waals surface area (Å²) in [5.41, 5.74) is 6.38. The third kappa shape index (κ3) is 2.40. The Morgan fingerprint density at radius 2 is 1.80 bits per heavy atom. The summed E-state index contributed by atoms with van der Waals surface area (Å²) in [5.74, 6) is -0.236. The van der Waals surface area contributed by atoms with Crippen LogP contribution in [-0.4, -0.2) is 19.3 Å². The molecule has 0 spiro atoms. The van der Waals surface area contributed by atoms with Crippen LogP contribution in [0.2, 0.25) is 0 Å². The molecule has 6 aromatic rings. The molecule has 0 amide bonds. The van der Waals surface area contributed by atoms with Crippen LogP contribution < -0.4 is 0 Å². The van der Waals surface area contributed by atoms with Crippen molar-refractivity contribution in [3.63, 3.8) is 0 Å². The van der Waals surface area contributed by atoms with Gasteiger partial charge >= 0.3 is 0 Å². The number of aryl methyl sites for hydroxylation is 1. The number of hydrogen-bond donors (Lipinski definition) is 0. The van der Waals surface area contributed by atoms with E-state index in [9.17, 15) is 4.39 Å². The summed E-state index contributed by atoms with van der Waals surface area (Å²) in [6, 6.07) is 16.9. The Bertz CT molecular complexity index is 1560. The molecule has 0 saturated carbocycles. The fourth-order valence-electron chi connectivity index (χ4n) is 4.25. The van der Waals surface area contributed by atoms with Gasteiger partial charge < -0.3 is 8.98 Å². The van der Waals surface area contributed by atoms with Gasteiger partial charge in [-0.3, -0.25) is 4.98 Å². The van der Waals surface area contributed by atoms with Gasteiger partial charge in [0, 0.05) is 46.2 Å². The molecule has 0 saturated heterocycles. The summed E-state index contributed by atoms with van der Waals surface area (Å²) < 4.78 is 23.6.